The molecule has 0 atom stereocenters. The first-order valence-corrected chi connectivity index (χ1v) is 8.82. The highest BCUT2D eigenvalue weighted by atomic mass is 16.5. The Hall–Kier alpha value is -3.48. The van der Waals surface area contributed by atoms with Crippen LogP contribution in [0, 0.1) is 0 Å². The fourth-order valence-electron chi connectivity index (χ4n) is 3.66. The fraction of sp³-hybridized carbons (Fsp3) is 0.238. The second-order valence-corrected chi connectivity index (χ2v) is 6.49. The lowest BCUT2D eigenvalue weighted by molar-refractivity contribution is 0.102. The first-order valence-electron chi connectivity index (χ1n) is 8.82. The van der Waals surface area contributed by atoms with Gasteiger partial charge in [0.1, 0.15) is 5.75 Å². The molecule has 144 valence electrons. The Morgan fingerprint density at radius 2 is 1.71 bits per heavy atom. The third-order valence-electron chi connectivity index (χ3n) is 4.95. The van der Waals surface area contributed by atoms with E-state index >= 15 is 0 Å². The summed E-state index contributed by atoms with van der Waals surface area (Å²) in [7, 11) is 6.63. The van der Waals surface area contributed by atoms with Crippen LogP contribution in [-0.4, -0.2) is 37.0 Å². The van der Waals surface area contributed by atoms with E-state index in [0.717, 1.165) is 22.4 Å². The first kappa shape index (κ1) is 17.9. The van der Waals surface area contributed by atoms with Gasteiger partial charge in [-0.1, -0.05) is 12.1 Å². The molecule has 0 saturated carbocycles. The number of carbonyl (C=O) groups excluding carboxylic acids is 1. The number of hydrogen-bond acceptors (Lipinski definition) is 5. The van der Waals surface area contributed by atoms with Gasteiger partial charge in [-0.15, -0.1) is 0 Å². The second-order valence-electron chi connectivity index (χ2n) is 6.49. The van der Waals surface area contributed by atoms with Gasteiger partial charge in [0.2, 0.25) is 0 Å². The zero-order valence-corrected chi connectivity index (χ0v) is 16.2. The van der Waals surface area contributed by atoms with Crippen molar-refractivity contribution in [2.45, 2.75) is 6.42 Å². The van der Waals surface area contributed by atoms with Crippen LogP contribution in [0.25, 0.3) is 11.3 Å². The molecule has 7 nitrogen and oxygen atoms in total. The van der Waals surface area contributed by atoms with Gasteiger partial charge in [0.25, 0.3) is 5.91 Å². The van der Waals surface area contributed by atoms with Crippen LogP contribution in [0.1, 0.15) is 21.6 Å². The van der Waals surface area contributed by atoms with Crippen LogP contribution < -0.4 is 19.5 Å². The molecule has 1 amide bonds. The summed E-state index contributed by atoms with van der Waals surface area (Å²) in [6.07, 6.45) is 0.605. The third-order valence-corrected chi connectivity index (χ3v) is 4.95. The van der Waals surface area contributed by atoms with Crippen molar-refractivity contribution in [1.29, 1.82) is 0 Å². The van der Waals surface area contributed by atoms with Crippen molar-refractivity contribution in [3.05, 3.63) is 53.2 Å². The number of benzene rings is 2. The number of aryl methyl sites for hydroxylation is 1. The lowest BCUT2D eigenvalue weighted by atomic mass is 10.1. The summed E-state index contributed by atoms with van der Waals surface area (Å²) in [6.45, 7) is 0. The molecule has 0 aliphatic heterocycles. The summed E-state index contributed by atoms with van der Waals surface area (Å²) in [5.74, 6) is 1.65. The average molecular weight is 379 g/mol. The number of anilines is 1. The lowest BCUT2D eigenvalue weighted by Gasteiger charge is -2.11. The zero-order chi connectivity index (χ0) is 19.8. The van der Waals surface area contributed by atoms with Crippen molar-refractivity contribution in [2.24, 2.45) is 7.05 Å². The molecule has 3 aromatic rings. The Kier molecular flexibility index (Phi) is 4.43. The quantitative estimate of drug-likeness (QED) is 0.576. The number of fused-ring (bicyclic) bond motifs is 3. The Bertz CT molecular complexity index is 1070. The third kappa shape index (κ3) is 2.76. The lowest BCUT2D eigenvalue weighted by Crippen LogP contribution is -2.15. The Morgan fingerprint density at radius 1 is 1.04 bits per heavy atom. The Morgan fingerprint density at radius 3 is 2.43 bits per heavy atom. The highest BCUT2D eigenvalue weighted by Crippen LogP contribution is 2.43. The zero-order valence-electron chi connectivity index (χ0n) is 16.2. The molecule has 4 rings (SSSR count). The number of amides is 1. The molecule has 7 heteroatoms. The SMILES string of the molecule is COc1ccccc1NC(=O)c1nn(C)c2c1Cc1cc(OC)c(OC)cc1-2. The van der Waals surface area contributed by atoms with Gasteiger partial charge >= 0.3 is 0 Å². The molecule has 0 saturated heterocycles. The van der Waals surface area contributed by atoms with Crippen LogP contribution in [0.4, 0.5) is 5.69 Å². The molecule has 2 aromatic carbocycles. The number of para-hydroxylation sites is 2. The molecular formula is C21H21N3O4. The topological polar surface area (TPSA) is 74.6 Å². The van der Waals surface area contributed by atoms with Crippen molar-refractivity contribution in [1.82, 2.24) is 9.78 Å². The first-order chi connectivity index (χ1) is 13.6. The Balaban J connectivity index is 1.72. The van der Waals surface area contributed by atoms with E-state index < -0.39 is 0 Å². The van der Waals surface area contributed by atoms with E-state index in [1.807, 2.05) is 31.3 Å². The van der Waals surface area contributed by atoms with Crippen LogP contribution in [0.5, 0.6) is 17.2 Å². The maximum atomic E-state index is 13.0. The van der Waals surface area contributed by atoms with Crippen LogP contribution in [0.2, 0.25) is 0 Å². The van der Waals surface area contributed by atoms with Gasteiger partial charge in [-0.25, -0.2) is 0 Å². The summed E-state index contributed by atoms with van der Waals surface area (Å²) >= 11 is 0. The minimum absolute atomic E-state index is 0.270. The van der Waals surface area contributed by atoms with Crippen molar-refractivity contribution >= 4 is 11.6 Å². The number of methoxy groups -OCH3 is 3. The molecule has 0 radical (unpaired) electrons. The molecule has 1 heterocycles. The molecular weight excluding hydrogens is 358 g/mol. The standard InChI is InChI=1S/C21H21N3O4/c1-24-20-13-11-18(28-4)17(27-3)10-12(13)9-14(20)19(23-24)21(25)22-15-7-5-6-8-16(15)26-2/h5-8,10-11H,9H2,1-4H3,(H,22,25). The number of nitrogens with zero attached hydrogens (tertiary/aromatic N) is 2. The van der Waals surface area contributed by atoms with E-state index in [4.69, 9.17) is 14.2 Å². The van der Waals surface area contributed by atoms with E-state index in [2.05, 4.69) is 10.4 Å². The van der Waals surface area contributed by atoms with Gasteiger partial charge in [0.15, 0.2) is 17.2 Å². The van der Waals surface area contributed by atoms with Crippen molar-refractivity contribution in [2.75, 3.05) is 26.6 Å². The molecule has 0 fully saturated rings. The summed E-state index contributed by atoms with van der Waals surface area (Å²) in [6, 6.07) is 11.2. The molecule has 1 aliphatic rings. The number of hydrogen-bond donors (Lipinski definition) is 1. The summed E-state index contributed by atoms with van der Waals surface area (Å²) in [5.41, 5.74) is 4.89. The summed E-state index contributed by atoms with van der Waals surface area (Å²) in [4.78, 5) is 13.0. The number of rotatable bonds is 5. The number of aromatic nitrogens is 2. The highest BCUT2D eigenvalue weighted by molar-refractivity contribution is 6.06. The predicted molar refractivity (Wildman–Crippen MR) is 106 cm³/mol. The van der Waals surface area contributed by atoms with Crippen LogP contribution in [-0.2, 0) is 13.5 Å². The van der Waals surface area contributed by atoms with Gasteiger partial charge in [-0.3, -0.25) is 9.48 Å². The van der Waals surface area contributed by atoms with Crippen LogP contribution in [0.3, 0.4) is 0 Å². The van der Waals surface area contributed by atoms with Gasteiger partial charge in [0, 0.05) is 24.6 Å². The van der Waals surface area contributed by atoms with Crippen molar-refractivity contribution < 1.29 is 19.0 Å². The average Bonchev–Trinajstić information content (AvgIpc) is 3.24. The van der Waals surface area contributed by atoms with Crippen molar-refractivity contribution in [3.8, 4) is 28.5 Å². The molecule has 0 spiro atoms. The maximum Gasteiger partial charge on any atom is 0.276 e. The Labute approximate surface area is 162 Å². The van der Waals surface area contributed by atoms with E-state index in [0.29, 0.717) is 35.1 Å². The maximum absolute atomic E-state index is 13.0. The number of ether oxygens (including phenoxy) is 3. The smallest absolute Gasteiger partial charge is 0.276 e. The molecule has 28 heavy (non-hydrogen) atoms. The van der Waals surface area contributed by atoms with E-state index in [-0.39, 0.29) is 5.91 Å². The van der Waals surface area contributed by atoms with Gasteiger partial charge < -0.3 is 19.5 Å². The van der Waals surface area contributed by atoms with Crippen molar-refractivity contribution in [3.63, 3.8) is 0 Å². The van der Waals surface area contributed by atoms with E-state index in [9.17, 15) is 4.79 Å². The number of nitrogens with one attached hydrogen (secondary N) is 1. The molecule has 1 aromatic heterocycles. The highest BCUT2D eigenvalue weighted by Gasteiger charge is 2.31. The van der Waals surface area contributed by atoms with E-state index in [1.54, 1.807) is 38.1 Å². The minimum Gasteiger partial charge on any atom is -0.495 e. The number of carbonyl (C=O) groups is 1. The summed E-state index contributed by atoms with van der Waals surface area (Å²) in [5, 5.41) is 7.38. The molecule has 0 bridgehead atoms. The molecule has 0 unspecified atom stereocenters. The monoisotopic (exact) mass is 379 g/mol. The van der Waals surface area contributed by atoms with Crippen LogP contribution in [0.15, 0.2) is 36.4 Å². The largest absolute Gasteiger partial charge is 0.495 e. The second kappa shape index (κ2) is 6.92. The van der Waals surface area contributed by atoms with Gasteiger partial charge in [-0.2, -0.15) is 5.10 Å². The fourth-order valence-corrected chi connectivity index (χ4v) is 3.66. The minimum atomic E-state index is -0.270. The normalized spacial score (nSPS) is 11.6. The van der Waals surface area contributed by atoms with Crippen LogP contribution >= 0.6 is 0 Å². The van der Waals surface area contributed by atoms with Gasteiger partial charge in [-0.05, 0) is 29.8 Å². The van der Waals surface area contributed by atoms with Gasteiger partial charge in [0.05, 0.1) is 32.7 Å². The molecule has 1 N–H and O–H groups in total. The van der Waals surface area contributed by atoms with E-state index in [1.165, 1.54) is 0 Å². The summed E-state index contributed by atoms with van der Waals surface area (Å²) < 4.78 is 17.9. The molecule has 1 aliphatic carbocycles. The predicted octanol–water partition coefficient (Wildman–Crippen LogP) is 3.27.